The Hall–Kier alpha value is -7.02. The van der Waals surface area contributed by atoms with Crippen molar-refractivity contribution in [1.82, 2.24) is 0 Å². The van der Waals surface area contributed by atoms with Gasteiger partial charge >= 0.3 is 0 Å². The topological polar surface area (TPSA) is 0 Å². The molecule has 11 rings (SSSR count). The second-order valence-electron chi connectivity index (χ2n) is 15.7. The van der Waals surface area contributed by atoms with E-state index in [0.29, 0.717) is 5.92 Å². The molecule has 0 radical (unpaired) electrons. The highest BCUT2D eigenvalue weighted by molar-refractivity contribution is 6.06. The lowest BCUT2D eigenvalue weighted by Gasteiger charge is -2.25. The molecule has 0 aliphatic heterocycles. The fourth-order valence-corrected chi connectivity index (χ4v) is 9.75. The fourth-order valence-electron chi connectivity index (χ4n) is 9.75. The normalized spacial score (nSPS) is 11.8. The highest BCUT2D eigenvalue weighted by atomic mass is 14.3. The first kappa shape index (κ1) is 33.3. The van der Waals surface area contributed by atoms with Crippen LogP contribution in [0.25, 0.3) is 111 Å². The number of fused-ring (bicyclic) bond motifs is 16. The Morgan fingerprint density at radius 1 is 0.211 bits per heavy atom. The summed E-state index contributed by atoms with van der Waals surface area (Å²) in [5.41, 5.74) is 26.7. The van der Waals surface area contributed by atoms with Gasteiger partial charge in [0.25, 0.3) is 0 Å². The average Bonchev–Trinajstić information content (AvgIpc) is 3.27. The van der Waals surface area contributed by atoms with Crippen molar-refractivity contribution >= 4 is 0 Å². The smallest absolute Gasteiger partial charge is 0.00928 e. The molecule has 0 fully saturated rings. The minimum Gasteiger partial charge on any atom is -0.0616 e. The summed E-state index contributed by atoms with van der Waals surface area (Å²) in [6.45, 7) is 4.68. The van der Waals surface area contributed by atoms with Crippen LogP contribution in [-0.4, -0.2) is 0 Å². The first-order chi connectivity index (χ1) is 28.1. The molecule has 0 saturated heterocycles. The van der Waals surface area contributed by atoms with Crippen molar-refractivity contribution in [3.63, 3.8) is 0 Å². The molecule has 0 unspecified atom stereocenters. The van der Waals surface area contributed by atoms with Gasteiger partial charge in [-0.2, -0.15) is 0 Å². The highest BCUT2D eigenvalue weighted by Gasteiger charge is 2.25. The molecule has 57 heavy (non-hydrogen) atoms. The van der Waals surface area contributed by atoms with Crippen LogP contribution in [0.4, 0.5) is 0 Å². The SMILES string of the molecule is CC(C)c1c(-c2ccc3c(c2)-c2ccccc2-c2ccccc2-c2ccccc2-3)cccc1-c1ccc2c(c1)-c1ccccc1-c1ccccc1-c1ccccc1-2. The zero-order chi connectivity index (χ0) is 38.0. The third-order valence-electron chi connectivity index (χ3n) is 12.2. The summed E-state index contributed by atoms with van der Waals surface area (Å²) in [6, 6.07) is 74.7. The van der Waals surface area contributed by atoms with Gasteiger partial charge in [-0.3, -0.25) is 0 Å². The zero-order valence-electron chi connectivity index (χ0n) is 32.1. The lowest BCUT2D eigenvalue weighted by Crippen LogP contribution is -2.00. The van der Waals surface area contributed by atoms with Crippen molar-refractivity contribution in [2.24, 2.45) is 0 Å². The van der Waals surface area contributed by atoms with Gasteiger partial charge < -0.3 is 0 Å². The van der Waals surface area contributed by atoms with Gasteiger partial charge in [0, 0.05) is 0 Å². The van der Waals surface area contributed by atoms with Gasteiger partial charge in [0.2, 0.25) is 0 Å². The number of rotatable bonds is 3. The van der Waals surface area contributed by atoms with Crippen molar-refractivity contribution in [1.29, 1.82) is 0 Å². The van der Waals surface area contributed by atoms with Gasteiger partial charge in [0.05, 0.1) is 0 Å². The van der Waals surface area contributed by atoms with Gasteiger partial charge in [0.15, 0.2) is 0 Å². The summed E-state index contributed by atoms with van der Waals surface area (Å²) in [6.07, 6.45) is 0. The van der Waals surface area contributed by atoms with Gasteiger partial charge in [-0.05, 0) is 135 Å². The molecule has 2 aliphatic carbocycles. The van der Waals surface area contributed by atoms with Crippen molar-refractivity contribution in [3.05, 3.63) is 206 Å². The molecule has 0 spiro atoms. The maximum atomic E-state index is 2.45. The van der Waals surface area contributed by atoms with Crippen molar-refractivity contribution in [2.75, 3.05) is 0 Å². The highest BCUT2D eigenvalue weighted by Crippen LogP contribution is 2.51. The summed E-state index contributed by atoms with van der Waals surface area (Å²) in [7, 11) is 0. The van der Waals surface area contributed by atoms with Crippen molar-refractivity contribution in [3.8, 4) is 111 Å². The van der Waals surface area contributed by atoms with E-state index in [0.717, 1.165) is 0 Å². The van der Waals surface area contributed by atoms with Crippen LogP contribution in [0.3, 0.4) is 0 Å². The van der Waals surface area contributed by atoms with Gasteiger partial charge in [-0.15, -0.1) is 0 Å². The third kappa shape index (κ3) is 5.29. The van der Waals surface area contributed by atoms with Crippen molar-refractivity contribution in [2.45, 2.75) is 19.8 Å². The molecule has 0 nitrogen and oxygen atoms in total. The van der Waals surface area contributed by atoms with E-state index in [-0.39, 0.29) is 0 Å². The summed E-state index contributed by atoms with van der Waals surface area (Å²) >= 11 is 0. The van der Waals surface area contributed by atoms with E-state index in [1.54, 1.807) is 0 Å². The number of hydrogen-bond acceptors (Lipinski definition) is 0. The van der Waals surface area contributed by atoms with Crippen LogP contribution >= 0.6 is 0 Å². The average molecular weight is 725 g/mol. The first-order valence-electron chi connectivity index (χ1n) is 20.1. The molecule has 9 aromatic carbocycles. The monoisotopic (exact) mass is 724 g/mol. The molecule has 9 aromatic rings. The second-order valence-corrected chi connectivity index (χ2v) is 15.7. The van der Waals surface area contributed by atoms with Crippen LogP contribution in [0.15, 0.2) is 200 Å². The Labute approximate surface area is 335 Å². The van der Waals surface area contributed by atoms with Gasteiger partial charge in [0.1, 0.15) is 0 Å². The van der Waals surface area contributed by atoms with E-state index in [4.69, 9.17) is 0 Å². The molecule has 0 N–H and O–H groups in total. The maximum absolute atomic E-state index is 2.45. The Kier molecular flexibility index (Phi) is 7.79. The molecule has 0 bridgehead atoms. The predicted octanol–water partition coefficient (Wildman–Crippen LogP) is 16.1. The van der Waals surface area contributed by atoms with Crippen LogP contribution in [0.2, 0.25) is 0 Å². The Morgan fingerprint density at radius 3 is 0.667 bits per heavy atom. The Bertz CT molecular complexity index is 2830. The first-order valence-corrected chi connectivity index (χ1v) is 20.1. The lowest BCUT2D eigenvalue weighted by atomic mass is 9.78. The maximum Gasteiger partial charge on any atom is -0.00928 e. The summed E-state index contributed by atoms with van der Waals surface area (Å²) in [5, 5.41) is 0. The predicted molar refractivity (Wildman–Crippen MR) is 242 cm³/mol. The largest absolute Gasteiger partial charge is 0.0616 e. The molecule has 0 saturated carbocycles. The second kappa shape index (κ2) is 13.3. The molecule has 0 heterocycles. The fraction of sp³-hybridized carbons (Fsp3) is 0.0526. The van der Waals surface area contributed by atoms with Crippen LogP contribution in [0.5, 0.6) is 0 Å². The molecule has 0 heteroatoms. The van der Waals surface area contributed by atoms with E-state index in [9.17, 15) is 0 Å². The van der Waals surface area contributed by atoms with Crippen LogP contribution in [0.1, 0.15) is 25.3 Å². The van der Waals surface area contributed by atoms with E-state index < -0.39 is 0 Å². The molecule has 0 aromatic heterocycles. The molecule has 0 atom stereocenters. The van der Waals surface area contributed by atoms with Gasteiger partial charge in [-0.25, -0.2) is 0 Å². The van der Waals surface area contributed by atoms with Gasteiger partial charge in [-0.1, -0.05) is 202 Å². The van der Waals surface area contributed by atoms with Crippen LogP contribution in [-0.2, 0) is 0 Å². The molecule has 0 amide bonds. The zero-order valence-corrected chi connectivity index (χ0v) is 32.1. The van der Waals surface area contributed by atoms with E-state index in [1.165, 1.54) is 117 Å². The molecular formula is C57H40. The van der Waals surface area contributed by atoms with E-state index in [1.807, 2.05) is 0 Å². The molecule has 2 aliphatic rings. The number of hydrogen-bond donors (Lipinski definition) is 0. The summed E-state index contributed by atoms with van der Waals surface area (Å²) in [5.74, 6) is 0.292. The van der Waals surface area contributed by atoms with E-state index >= 15 is 0 Å². The Balaban J connectivity index is 1.12. The summed E-state index contributed by atoms with van der Waals surface area (Å²) in [4.78, 5) is 0. The molecule has 268 valence electrons. The van der Waals surface area contributed by atoms with Crippen LogP contribution < -0.4 is 0 Å². The minimum absolute atomic E-state index is 0.292. The number of benzene rings is 9. The standard InChI is InChI=1S/C57H40/c1-36(2)57-39(37-30-32-53-49-24-9-7-20-45(49)41-16-3-5-18-43(41)47-22-11-13-26-51(47)55(53)34-37)28-15-29-40(57)38-31-33-54-50-25-10-8-21-46(50)42-17-4-6-19-44(42)48-23-12-14-27-52(48)56(54)35-38/h3-36H,1-2H3. The third-order valence-corrected chi connectivity index (χ3v) is 12.2. The quantitative estimate of drug-likeness (QED) is 0.170. The Morgan fingerprint density at radius 2 is 0.421 bits per heavy atom. The van der Waals surface area contributed by atoms with Crippen LogP contribution in [0, 0.1) is 0 Å². The van der Waals surface area contributed by atoms with Crippen molar-refractivity contribution < 1.29 is 0 Å². The molecular weight excluding hydrogens is 685 g/mol. The minimum atomic E-state index is 0.292. The summed E-state index contributed by atoms with van der Waals surface area (Å²) < 4.78 is 0. The lowest BCUT2D eigenvalue weighted by molar-refractivity contribution is 0.871. The van der Waals surface area contributed by atoms with E-state index in [2.05, 4.69) is 214 Å².